The average molecular weight is 449 g/mol. The molecule has 0 spiro atoms. The van der Waals surface area contributed by atoms with Crippen molar-refractivity contribution in [2.45, 2.75) is 24.8 Å². The van der Waals surface area contributed by atoms with Gasteiger partial charge in [0.05, 0.1) is 29.0 Å². The molecule has 0 aliphatic heterocycles. The van der Waals surface area contributed by atoms with Gasteiger partial charge in [-0.3, -0.25) is 0 Å². The van der Waals surface area contributed by atoms with E-state index in [0.717, 1.165) is 32.8 Å². The van der Waals surface area contributed by atoms with Crippen LogP contribution < -0.4 is 5.32 Å². The van der Waals surface area contributed by atoms with E-state index < -0.39 is 0 Å². The molecule has 1 fully saturated rings. The van der Waals surface area contributed by atoms with Crippen molar-refractivity contribution >= 4 is 27.4 Å². The molecule has 0 saturated heterocycles. The predicted molar refractivity (Wildman–Crippen MR) is 118 cm³/mol. The third kappa shape index (κ3) is 3.54. The SMILES string of the molecule is OC[C@@H](Nc1cc(-c2ccccc2C2CC2)nc2c(Br)cnn12)c1ccccc1. The number of hydrogen-bond acceptors (Lipinski definition) is 4. The maximum atomic E-state index is 10.0. The van der Waals surface area contributed by atoms with Crippen molar-refractivity contribution in [1.29, 1.82) is 0 Å². The lowest BCUT2D eigenvalue weighted by Crippen LogP contribution is -2.17. The molecule has 2 heterocycles. The van der Waals surface area contributed by atoms with E-state index in [1.165, 1.54) is 18.4 Å². The van der Waals surface area contributed by atoms with Crippen LogP contribution in [0.15, 0.2) is 71.3 Å². The quantitative estimate of drug-likeness (QED) is 0.426. The molecule has 2 aromatic carbocycles. The van der Waals surface area contributed by atoms with E-state index in [4.69, 9.17) is 4.98 Å². The van der Waals surface area contributed by atoms with Gasteiger partial charge >= 0.3 is 0 Å². The van der Waals surface area contributed by atoms with E-state index in [1.54, 1.807) is 10.7 Å². The van der Waals surface area contributed by atoms with Crippen molar-refractivity contribution in [2.75, 3.05) is 11.9 Å². The number of halogens is 1. The molecule has 1 aliphatic rings. The number of fused-ring (bicyclic) bond motifs is 1. The minimum absolute atomic E-state index is 0.0235. The third-order valence-corrected chi connectivity index (χ3v) is 5.95. The molecular weight excluding hydrogens is 428 g/mol. The van der Waals surface area contributed by atoms with Crippen LogP contribution in [0.5, 0.6) is 0 Å². The van der Waals surface area contributed by atoms with E-state index >= 15 is 0 Å². The molecule has 5 rings (SSSR count). The number of anilines is 1. The van der Waals surface area contributed by atoms with Crippen molar-refractivity contribution in [3.8, 4) is 11.3 Å². The lowest BCUT2D eigenvalue weighted by atomic mass is 10.0. The van der Waals surface area contributed by atoms with Gasteiger partial charge in [-0.05, 0) is 45.8 Å². The van der Waals surface area contributed by atoms with Gasteiger partial charge in [-0.15, -0.1) is 0 Å². The summed E-state index contributed by atoms with van der Waals surface area (Å²) in [6.45, 7) is -0.0235. The van der Waals surface area contributed by atoms with Crippen molar-refractivity contribution in [2.24, 2.45) is 0 Å². The number of aliphatic hydroxyl groups excluding tert-OH is 1. The van der Waals surface area contributed by atoms with Gasteiger partial charge in [0, 0.05) is 11.6 Å². The Kier molecular flexibility index (Phi) is 4.81. The Hall–Kier alpha value is -2.70. The number of benzene rings is 2. The summed E-state index contributed by atoms with van der Waals surface area (Å²) in [5, 5.41) is 17.9. The summed E-state index contributed by atoms with van der Waals surface area (Å²) in [6, 6.07) is 20.2. The number of hydrogen-bond donors (Lipinski definition) is 2. The number of aliphatic hydroxyl groups is 1. The van der Waals surface area contributed by atoms with Crippen LogP contribution in [0.3, 0.4) is 0 Å². The summed E-state index contributed by atoms with van der Waals surface area (Å²) in [5.74, 6) is 1.42. The first-order valence-electron chi connectivity index (χ1n) is 9.80. The molecule has 1 aliphatic carbocycles. The molecule has 1 atom stereocenters. The highest BCUT2D eigenvalue weighted by Gasteiger charge is 2.27. The standard InChI is InChI=1S/C23H21BrN4O/c24-19-13-25-28-22(26-21(14-29)16-6-2-1-3-7-16)12-20(27-23(19)28)18-9-5-4-8-17(18)15-10-11-15/h1-9,12-13,15,21,26,29H,10-11,14H2/t21-/m1/s1. The van der Waals surface area contributed by atoms with Crippen molar-refractivity contribution in [3.63, 3.8) is 0 Å². The number of rotatable bonds is 6. The zero-order valence-corrected chi connectivity index (χ0v) is 17.4. The maximum Gasteiger partial charge on any atom is 0.172 e. The predicted octanol–water partition coefficient (Wildman–Crippen LogP) is 5.18. The topological polar surface area (TPSA) is 62.5 Å². The molecule has 0 bridgehead atoms. The van der Waals surface area contributed by atoms with Crippen molar-refractivity contribution < 1.29 is 5.11 Å². The van der Waals surface area contributed by atoms with Crippen LogP contribution in [0.2, 0.25) is 0 Å². The molecule has 146 valence electrons. The minimum Gasteiger partial charge on any atom is -0.394 e. The van der Waals surface area contributed by atoms with Gasteiger partial charge in [-0.1, -0.05) is 54.6 Å². The van der Waals surface area contributed by atoms with Crippen LogP contribution in [0.4, 0.5) is 5.82 Å². The van der Waals surface area contributed by atoms with Crippen LogP contribution in [-0.4, -0.2) is 26.3 Å². The Morgan fingerprint density at radius 3 is 2.62 bits per heavy atom. The number of aromatic nitrogens is 3. The summed E-state index contributed by atoms with van der Waals surface area (Å²) in [7, 11) is 0. The van der Waals surface area contributed by atoms with Crippen LogP contribution in [0.25, 0.3) is 16.9 Å². The fourth-order valence-electron chi connectivity index (χ4n) is 3.76. The highest BCUT2D eigenvalue weighted by Crippen LogP contribution is 2.44. The summed E-state index contributed by atoms with van der Waals surface area (Å²) >= 11 is 3.57. The van der Waals surface area contributed by atoms with E-state index in [1.807, 2.05) is 36.4 Å². The molecule has 1 saturated carbocycles. The van der Waals surface area contributed by atoms with E-state index in [0.29, 0.717) is 5.92 Å². The van der Waals surface area contributed by atoms with Crippen molar-refractivity contribution in [1.82, 2.24) is 14.6 Å². The van der Waals surface area contributed by atoms with E-state index in [2.05, 4.69) is 50.6 Å². The lowest BCUT2D eigenvalue weighted by molar-refractivity contribution is 0.276. The highest BCUT2D eigenvalue weighted by molar-refractivity contribution is 9.10. The highest BCUT2D eigenvalue weighted by atomic mass is 79.9. The fraction of sp³-hybridized carbons (Fsp3) is 0.217. The average Bonchev–Trinajstić information content (AvgIpc) is 3.55. The Morgan fingerprint density at radius 1 is 1.10 bits per heavy atom. The molecule has 0 unspecified atom stereocenters. The second-order valence-corrected chi connectivity index (χ2v) is 8.26. The Morgan fingerprint density at radius 2 is 1.86 bits per heavy atom. The Bertz CT molecular complexity index is 1150. The first kappa shape index (κ1) is 18.3. The van der Waals surface area contributed by atoms with Gasteiger partial charge in [0.25, 0.3) is 0 Å². The Balaban J connectivity index is 1.62. The molecule has 5 nitrogen and oxygen atoms in total. The molecular formula is C23H21BrN4O. The fourth-order valence-corrected chi connectivity index (χ4v) is 4.10. The minimum atomic E-state index is -0.240. The lowest BCUT2D eigenvalue weighted by Gasteiger charge is -2.19. The zero-order valence-electron chi connectivity index (χ0n) is 15.8. The van der Waals surface area contributed by atoms with Crippen LogP contribution in [0.1, 0.15) is 35.9 Å². The van der Waals surface area contributed by atoms with Gasteiger partial charge in [0.1, 0.15) is 5.82 Å². The number of nitrogens with one attached hydrogen (secondary N) is 1. The second-order valence-electron chi connectivity index (χ2n) is 7.41. The van der Waals surface area contributed by atoms with Crippen LogP contribution in [-0.2, 0) is 0 Å². The molecule has 4 aromatic rings. The van der Waals surface area contributed by atoms with Crippen LogP contribution in [0, 0.1) is 0 Å². The second kappa shape index (κ2) is 7.61. The van der Waals surface area contributed by atoms with Crippen LogP contribution >= 0.6 is 15.9 Å². The monoisotopic (exact) mass is 448 g/mol. The Labute approximate surface area is 177 Å². The molecule has 29 heavy (non-hydrogen) atoms. The summed E-state index contributed by atoms with van der Waals surface area (Å²) in [4.78, 5) is 4.89. The molecule has 6 heteroatoms. The van der Waals surface area contributed by atoms with Gasteiger partial charge in [-0.2, -0.15) is 9.61 Å². The number of nitrogens with zero attached hydrogens (tertiary/aromatic N) is 3. The van der Waals surface area contributed by atoms with Gasteiger partial charge < -0.3 is 10.4 Å². The van der Waals surface area contributed by atoms with E-state index in [9.17, 15) is 5.11 Å². The summed E-state index contributed by atoms with van der Waals surface area (Å²) in [6.07, 6.45) is 4.23. The normalized spacial score (nSPS) is 14.8. The third-order valence-electron chi connectivity index (χ3n) is 5.39. The van der Waals surface area contributed by atoms with E-state index in [-0.39, 0.29) is 12.6 Å². The first-order valence-corrected chi connectivity index (χ1v) is 10.6. The molecule has 2 N–H and O–H groups in total. The zero-order chi connectivity index (χ0) is 19.8. The summed E-state index contributed by atoms with van der Waals surface area (Å²) in [5.41, 5.74) is 5.20. The first-order chi connectivity index (χ1) is 14.2. The molecule has 0 radical (unpaired) electrons. The van der Waals surface area contributed by atoms with Gasteiger partial charge in [-0.25, -0.2) is 4.98 Å². The molecule has 2 aromatic heterocycles. The molecule has 0 amide bonds. The van der Waals surface area contributed by atoms with Gasteiger partial charge in [0.2, 0.25) is 0 Å². The van der Waals surface area contributed by atoms with Gasteiger partial charge in [0.15, 0.2) is 5.65 Å². The summed E-state index contributed by atoms with van der Waals surface area (Å²) < 4.78 is 2.62. The largest absolute Gasteiger partial charge is 0.394 e. The van der Waals surface area contributed by atoms with Crippen molar-refractivity contribution in [3.05, 3.63) is 82.5 Å². The maximum absolute atomic E-state index is 10.0. The smallest absolute Gasteiger partial charge is 0.172 e.